The predicted molar refractivity (Wildman–Crippen MR) is 168 cm³/mol. The molecule has 0 aliphatic carbocycles. The minimum absolute atomic E-state index is 0.0439. The predicted octanol–water partition coefficient (Wildman–Crippen LogP) is 4.29. The molecule has 0 spiro atoms. The van der Waals surface area contributed by atoms with Crippen LogP contribution < -0.4 is 16.0 Å². The van der Waals surface area contributed by atoms with Gasteiger partial charge in [0.1, 0.15) is 24.3 Å². The maximum atomic E-state index is 13.6. The Bertz CT molecular complexity index is 1170. The van der Waals surface area contributed by atoms with Gasteiger partial charge in [-0.2, -0.15) is 0 Å². The molecule has 242 valence electrons. The lowest BCUT2D eigenvalue weighted by molar-refractivity contribution is -0.151. The number of nitrogens with one attached hydrogen (secondary N) is 3. The molecular weight excluding hydrogens is 562 g/mol. The number of aliphatic hydroxyl groups excluding tert-OH is 1. The highest BCUT2D eigenvalue weighted by Gasteiger charge is 2.34. The first-order valence-corrected chi connectivity index (χ1v) is 15.3. The third-order valence-electron chi connectivity index (χ3n) is 6.87. The summed E-state index contributed by atoms with van der Waals surface area (Å²) in [5.74, 6) is -2.86. The molecule has 3 atom stereocenters. The van der Waals surface area contributed by atoms with Crippen molar-refractivity contribution < 1.29 is 33.8 Å². The topological polar surface area (TPSA) is 143 Å². The van der Waals surface area contributed by atoms with Crippen LogP contribution >= 0.6 is 0 Å². The molecule has 0 fully saturated rings. The van der Waals surface area contributed by atoms with E-state index in [9.17, 15) is 24.3 Å². The van der Waals surface area contributed by atoms with Crippen LogP contribution in [0.2, 0.25) is 0 Å². The molecule has 0 saturated carbocycles. The molecule has 2 aromatic carbocycles. The first-order chi connectivity index (χ1) is 20.9. The van der Waals surface area contributed by atoms with Crippen molar-refractivity contribution >= 4 is 23.9 Å². The van der Waals surface area contributed by atoms with Crippen molar-refractivity contribution in [1.29, 1.82) is 0 Å². The van der Waals surface area contributed by atoms with E-state index in [2.05, 4.69) is 28.1 Å². The lowest BCUT2D eigenvalue weighted by Crippen LogP contribution is -2.58. The maximum Gasteiger partial charge on any atom is 0.407 e. The highest BCUT2D eigenvalue weighted by Crippen LogP contribution is 2.13. The lowest BCUT2D eigenvalue weighted by Gasteiger charge is -2.29. The van der Waals surface area contributed by atoms with E-state index in [0.717, 1.165) is 24.8 Å². The molecule has 2 aromatic rings. The molecule has 0 radical (unpaired) electrons. The summed E-state index contributed by atoms with van der Waals surface area (Å²) in [6.45, 7) is 8.07. The van der Waals surface area contributed by atoms with E-state index in [0.29, 0.717) is 6.42 Å². The average molecular weight is 612 g/mol. The zero-order valence-corrected chi connectivity index (χ0v) is 26.6. The molecule has 0 aromatic heterocycles. The minimum Gasteiger partial charge on any atom is -0.459 e. The zero-order valence-electron chi connectivity index (χ0n) is 26.6. The van der Waals surface area contributed by atoms with Crippen molar-refractivity contribution in [2.45, 2.75) is 91.0 Å². The Labute approximate surface area is 261 Å². The SMILES string of the molecule is CC(C)C(NC(=O)C(NC(=O)CCCCCc1ccccc1)C(CO)CNC(=O)OC(C)(C)C)C(=O)OCc1ccccc1. The van der Waals surface area contributed by atoms with Crippen molar-refractivity contribution in [3.63, 3.8) is 0 Å². The Balaban J connectivity index is 2.06. The second-order valence-electron chi connectivity index (χ2n) is 12.2. The van der Waals surface area contributed by atoms with Gasteiger partial charge in [0.25, 0.3) is 0 Å². The van der Waals surface area contributed by atoms with Crippen LogP contribution in [0.25, 0.3) is 0 Å². The van der Waals surface area contributed by atoms with Gasteiger partial charge in [0.2, 0.25) is 11.8 Å². The lowest BCUT2D eigenvalue weighted by atomic mass is 9.97. The van der Waals surface area contributed by atoms with Gasteiger partial charge < -0.3 is 30.5 Å². The molecule has 10 heteroatoms. The first kappa shape index (κ1) is 36.3. The van der Waals surface area contributed by atoms with Gasteiger partial charge in [-0.25, -0.2) is 9.59 Å². The molecule has 0 aliphatic heterocycles. The largest absolute Gasteiger partial charge is 0.459 e. The number of alkyl carbamates (subject to hydrolysis) is 1. The molecular formula is C34H49N3O7. The van der Waals surface area contributed by atoms with Crippen molar-refractivity contribution in [3.05, 3.63) is 71.8 Å². The van der Waals surface area contributed by atoms with Crippen LogP contribution in [0.4, 0.5) is 4.79 Å². The number of ether oxygens (including phenoxy) is 2. The van der Waals surface area contributed by atoms with Crippen LogP contribution in [0.1, 0.15) is 71.4 Å². The number of hydrogen-bond donors (Lipinski definition) is 4. The van der Waals surface area contributed by atoms with Crippen LogP contribution in [0.15, 0.2) is 60.7 Å². The number of carbonyl (C=O) groups is 4. The molecule has 44 heavy (non-hydrogen) atoms. The van der Waals surface area contributed by atoms with Crippen LogP contribution in [-0.4, -0.2) is 59.8 Å². The summed E-state index contributed by atoms with van der Waals surface area (Å²) in [7, 11) is 0. The second kappa shape index (κ2) is 18.7. The van der Waals surface area contributed by atoms with Gasteiger partial charge in [-0.1, -0.05) is 80.9 Å². The van der Waals surface area contributed by atoms with E-state index in [1.807, 2.05) is 48.5 Å². The number of esters is 1. The molecule has 0 bridgehead atoms. The van der Waals surface area contributed by atoms with E-state index in [1.165, 1.54) is 5.56 Å². The van der Waals surface area contributed by atoms with Crippen molar-refractivity contribution in [1.82, 2.24) is 16.0 Å². The number of amides is 3. The summed E-state index contributed by atoms with van der Waals surface area (Å²) >= 11 is 0. The number of benzene rings is 2. The number of hydrogen-bond acceptors (Lipinski definition) is 7. The van der Waals surface area contributed by atoms with Crippen molar-refractivity contribution in [3.8, 4) is 0 Å². The summed E-state index contributed by atoms with van der Waals surface area (Å²) in [4.78, 5) is 51.8. The molecule has 0 heterocycles. The molecule has 2 rings (SSSR count). The number of unbranched alkanes of at least 4 members (excludes halogenated alkanes) is 2. The van der Waals surface area contributed by atoms with Gasteiger partial charge in [-0.05, 0) is 57.1 Å². The molecule has 10 nitrogen and oxygen atoms in total. The van der Waals surface area contributed by atoms with Crippen LogP contribution in [0, 0.1) is 11.8 Å². The Morgan fingerprint density at radius 1 is 0.818 bits per heavy atom. The van der Waals surface area contributed by atoms with Gasteiger partial charge in [0.15, 0.2) is 0 Å². The third-order valence-corrected chi connectivity index (χ3v) is 6.87. The fourth-order valence-electron chi connectivity index (χ4n) is 4.45. The van der Waals surface area contributed by atoms with Gasteiger partial charge in [-0.15, -0.1) is 0 Å². The summed E-state index contributed by atoms with van der Waals surface area (Å²) in [5.41, 5.74) is 1.30. The highest BCUT2D eigenvalue weighted by molar-refractivity contribution is 5.91. The van der Waals surface area contributed by atoms with Gasteiger partial charge >= 0.3 is 12.1 Å². The normalized spacial score (nSPS) is 13.3. The summed E-state index contributed by atoms with van der Waals surface area (Å²) in [6.07, 6.45) is 2.74. The standard InChI is InChI=1S/C34H49N3O7/c1-24(2)29(32(41)43-23-26-18-12-7-13-19-26)37-31(40)30(27(22-38)21-35-33(42)44-34(3,4)5)36-28(39)20-14-8-11-17-25-15-9-6-10-16-25/h6-7,9-10,12-13,15-16,18-19,24,27,29-30,38H,8,11,14,17,20-23H2,1-5H3,(H,35,42)(H,36,39)(H,37,40). The van der Waals surface area contributed by atoms with Crippen LogP contribution in [0.5, 0.6) is 0 Å². The van der Waals surface area contributed by atoms with Gasteiger partial charge in [-0.3, -0.25) is 9.59 Å². The maximum absolute atomic E-state index is 13.6. The highest BCUT2D eigenvalue weighted by atomic mass is 16.6. The zero-order chi connectivity index (χ0) is 32.5. The first-order valence-electron chi connectivity index (χ1n) is 15.3. The van der Waals surface area contributed by atoms with E-state index >= 15 is 0 Å². The Kier molecular flexibility index (Phi) is 15.4. The second-order valence-corrected chi connectivity index (χ2v) is 12.2. The summed E-state index contributed by atoms with van der Waals surface area (Å²) in [6, 6.07) is 17.1. The quantitative estimate of drug-likeness (QED) is 0.154. The fraction of sp³-hybridized carbons (Fsp3) is 0.529. The molecule has 3 unspecified atom stereocenters. The van der Waals surface area contributed by atoms with Crippen molar-refractivity contribution in [2.75, 3.05) is 13.2 Å². The third kappa shape index (κ3) is 14.0. The Hall–Kier alpha value is -3.92. The molecule has 3 amide bonds. The number of carbonyl (C=O) groups excluding carboxylic acids is 4. The number of aliphatic hydroxyl groups is 1. The monoisotopic (exact) mass is 611 g/mol. The Morgan fingerprint density at radius 2 is 1.43 bits per heavy atom. The van der Waals surface area contributed by atoms with E-state index in [4.69, 9.17) is 9.47 Å². The molecule has 4 N–H and O–H groups in total. The molecule has 0 aliphatic rings. The van der Waals surface area contributed by atoms with Crippen LogP contribution in [0.3, 0.4) is 0 Å². The fourth-order valence-corrected chi connectivity index (χ4v) is 4.45. The van der Waals surface area contributed by atoms with Gasteiger partial charge in [0, 0.05) is 18.9 Å². The van der Waals surface area contributed by atoms with Gasteiger partial charge in [0.05, 0.1) is 6.61 Å². The average Bonchev–Trinajstić information content (AvgIpc) is 2.98. The molecule has 0 saturated heterocycles. The summed E-state index contributed by atoms with van der Waals surface area (Å²) in [5, 5.41) is 18.2. The van der Waals surface area contributed by atoms with E-state index < -0.39 is 48.2 Å². The van der Waals surface area contributed by atoms with E-state index in [1.54, 1.807) is 34.6 Å². The Morgan fingerprint density at radius 3 is 2.00 bits per heavy atom. The van der Waals surface area contributed by atoms with E-state index in [-0.39, 0.29) is 31.4 Å². The number of rotatable bonds is 17. The smallest absolute Gasteiger partial charge is 0.407 e. The minimum atomic E-state index is -1.23. The number of aryl methyl sites for hydroxylation is 1. The summed E-state index contributed by atoms with van der Waals surface area (Å²) < 4.78 is 10.7. The van der Waals surface area contributed by atoms with Crippen LogP contribution in [-0.2, 0) is 36.9 Å². The van der Waals surface area contributed by atoms with Crippen molar-refractivity contribution in [2.24, 2.45) is 11.8 Å².